The molecule has 23 heavy (non-hydrogen) atoms. The molecule has 1 N–H and O–H groups in total. The predicted molar refractivity (Wildman–Crippen MR) is 88.8 cm³/mol. The summed E-state index contributed by atoms with van der Waals surface area (Å²) < 4.78 is 0. The van der Waals surface area contributed by atoms with Crippen LogP contribution in [-0.4, -0.2) is 20.9 Å². The molecule has 0 fully saturated rings. The number of para-hydroxylation sites is 2. The van der Waals surface area contributed by atoms with Gasteiger partial charge in [0.1, 0.15) is 5.69 Å². The van der Waals surface area contributed by atoms with Crippen molar-refractivity contribution < 1.29 is 4.79 Å². The number of nitrogens with zero attached hydrogens (tertiary/aromatic N) is 3. The fourth-order valence-corrected chi connectivity index (χ4v) is 2.48. The summed E-state index contributed by atoms with van der Waals surface area (Å²) in [4.78, 5) is 25.4. The number of aromatic nitrogens is 3. The van der Waals surface area contributed by atoms with E-state index >= 15 is 0 Å². The number of carbonyl (C=O) groups excluding carboxylic acids is 1. The molecule has 0 aliphatic carbocycles. The Balaban J connectivity index is 1.86. The van der Waals surface area contributed by atoms with Gasteiger partial charge in [-0.15, -0.1) is 0 Å². The molecular formula is C18H18N4O. The van der Waals surface area contributed by atoms with Crippen molar-refractivity contribution in [1.82, 2.24) is 20.3 Å². The van der Waals surface area contributed by atoms with E-state index < -0.39 is 0 Å². The lowest BCUT2D eigenvalue weighted by atomic mass is 9.97. The van der Waals surface area contributed by atoms with Crippen molar-refractivity contribution in [3.05, 3.63) is 66.2 Å². The van der Waals surface area contributed by atoms with Gasteiger partial charge in [0, 0.05) is 12.4 Å². The van der Waals surface area contributed by atoms with E-state index in [1.165, 1.54) is 6.20 Å². The molecule has 0 saturated carbocycles. The summed E-state index contributed by atoms with van der Waals surface area (Å²) >= 11 is 0. The van der Waals surface area contributed by atoms with Crippen molar-refractivity contribution in [3.63, 3.8) is 0 Å². The summed E-state index contributed by atoms with van der Waals surface area (Å²) in [6.45, 7) is 4.12. The third kappa shape index (κ3) is 3.34. The van der Waals surface area contributed by atoms with Crippen molar-refractivity contribution in [2.75, 3.05) is 0 Å². The molecule has 2 aromatic heterocycles. The zero-order valence-electron chi connectivity index (χ0n) is 13.1. The number of rotatable bonds is 4. The van der Waals surface area contributed by atoms with Crippen molar-refractivity contribution in [2.24, 2.45) is 5.92 Å². The van der Waals surface area contributed by atoms with Crippen LogP contribution in [0.15, 0.2) is 55.0 Å². The Morgan fingerprint density at radius 1 is 1.04 bits per heavy atom. The monoisotopic (exact) mass is 306 g/mol. The lowest BCUT2D eigenvalue weighted by Crippen LogP contribution is -2.32. The van der Waals surface area contributed by atoms with Crippen molar-refractivity contribution in [3.8, 4) is 0 Å². The summed E-state index contributed by atoms with van der Waals surface area (Å²) in [6.07, 6.45) is 5.01. The van der Waals surface area contributed by atoms with Gasteiger partial charge in [-0.2, -0.15) is 0 Å². The first-order chi connectivity index (χ1) is 11.1. The second-order valence-corrected chi connectivity index (χ2v) is 5.73. The van der Waals surface area contributed by atoms with Gasteiger partial charge < -0.3 is 5.32 Å². The first kappa shape index (κ1) is 15.1. The summed E-state index contributed by atoms with van der Waals surface area (Å²) in [5.41, 5.74) is 2.78. The number of benzene rings is 1. The quantitative estimate of drug-likeness (QED) is 0.804. The predicted octanol–water partition coefficient (Wildman–Crippen LogP) is 3.15. The van der Waals surface area contributed by atoms with Crippen LogP contribution in [0.4, 0.5) is 0 Å². The van der Waals surface area contributed by atoms with Gasteiger partial charge in [-0.05, 0) is 29.7 Å². The zero-order valence-corrected chi connectivity index (χ0v) is 13.1. The van der Waals surface area contributed by atoms with Crippen LogP contribution in [0.1, 0.15) is 35.9 Å². The molecule has 0 aliphatic heterocycles. The van der Waals surface area contributed by atoms with Gasteiger partial charge in [-0.1, -0.05) is 32.0 Å². The van der Waals surface area contributed by atoms with Crippen LogP contribution in [0.5, 0.6) is 0 Å². The molecule has 1 amide bonds. The largest absolute Gasteiger partial charge is 0.344 e. The standard InChI is InChI=1S/C18H18N4O/c1-12(2)17(13-6-5-9-19-10-13)22-18(23)16-11-20-14-7-3-4-8-15(14)21-16/h3-12,17H,1-2H3,(H,22,23)/t17-/m0/s1. The topological polar surface area (TPSA) is 67.8 Å². The second kappa shape index (κ2) is 6.52. The number of carbonyl (C=O) groups is 1. The molecular weight excluding hydrogens is 288 g/mol. The van der Waals surface area contributed by atoms with E-state index in [1.54, 1.807) is 12.4 Å². The van der Waals surface area contributed by atoms with Gasteiger partial charge in [0.15, 0.2) is 0 Å². The number of nitrogens with one attached hydrogen (secondary N) is 1. The number of fused-ring (bicyclic) bond motifs is 1. The van der Waals surface area contributed by atoms with Crippen LogP contribution in [0.25, 0.3) is 11.0 Å². The van der Waals surface area contributed by atoms with Gasteiger partial charge in [-0.25, -0.2) is 4.98 Å². The SMILES string of the molecule is CC(C)[C@H](NC(=O)c1cnc2ccccc2n1)c1cccnc1. The molecule has 3 aromatic rings. The van der Waals surface area contributed by atoms with E-state index in [0.29, 0.717) is 11.2 Å². The Labute approximate surface area is 134 Å². The van der Waals surface area contributed by atoms with E-state index in [1.807, 2.05) is 36.4 Å². The molecule has 2 heterocycles. The van der Waals surface area contributed by atoms with Crippen LogP contribution in [0, 0.1) is 5.92 Å². The molecule has 0 spiro atoms. The van der Waals surface area contributed by atoms with Crippen LogP contribution >= 0.6 is 0 Å². The highest BCUT2D eigenvalue weighted by Gasteiger charge is 2.20. The molecule has 3 rings (SSSR count). The highest BCUT2D eigenvalue weighted by atomic mass is 16.1. The first-order valence-electron chi connectivity index (χ1n) is 7.57. The van der Waals surface area contributed by atoms with Gasteiger partial charge >= 0.3 is 0 Å². The molecule has 5 heteroatoms. The molecule has 1 aromatic carbocycles. The maximum atomic E-state index is 12.5. The molecule has 0 saturated heterocycles. The molecule has 0 unspecified atom stereocenters. The van der Waals surface area contributed by atoms with E-state index in [0.717, 1.165) is 11.1 Å². The van der Waals surface area contributed by atoms with E-state index in [-0.39, 0.29) is 17.9 Å². The number of hydrogen-bond acceptors (Lipinski definition) is 4. The second-order valence-electron chi connectivity index (χ2n) is 5.73. The molecule has 1 atom stereocenters. The molecule has 116 valence electrons. The number of amides is 1. The lowest BCUT2D eigenvalue weighted by molar-refractivity contribution is 0.0920. The van der Waals surface area contributed by atoms with E-state index in [4.69, 9.17) is 0 Å². The van der Waals surface area contributed by atoms with Crippen LogP contribution in [0.2, 0.25) is 0 Å². The smallest absolute Gasteiger partial charge is 0.271 e. The Bertz CT molecular complexity index is 817. The Kier molecular flexibility index (Phi) is 4.28. The fraction of sp³-hybridized carbons (Fsp3) is 0.222. The number of hydrogen-bond donors (Lipinski definition) is 1. The summed E-state index contributed by atoms with van der Waals surface area (Å²) in [5, 5.41) is 3.03. The van der Waals surface area contributed by atoms with Gasteiger partial charge in [0.25, 0.3) is 5.91 Å². The summed E-state index contributed by atoms with van der Waals surface area (Å²) in [7, 11) is 0. The maximum absolute atomic E-state index is 12.5. The Morgan fingerprint density at radius 2 is 1.83 bits per heavy atom. The highest BCUT2D eigenvalue weighted by molar-refractivity contribution is 5.94. The average Bonchev–Trinajstić information content (AvgIpc) is 2.59. The molecule has 0 radical (unpaired) electrons. The molecule has 0 bridgehead atoms. The van der Waals surface area contributed by atoms with Crippen LogP contribution in [0.3, 0.4) is 0 Å². The van der Waals surface area contributed by atoms with Crippen LogP contribution < -0.4 is 5.32 Å². The Hall–Kier alpha value is -2.82. The summed E-state index contributed by atoms with van der Waals surface area (Å²) in [5.74, 6) is 0.00220. The number of pyridine rings is 1. The third-order valence-corrected chi connectivity index (χ3v) is 3.68. The minimum Gasteiger partial charge on any atom is -0.344 e. The third-order valence-electron chi connectivity index (χ3n) is 3.68. The van der Waals surface area contributed by atoms with Gasteiger partial charge in [-0.3, -0.25) is 14.8 Å². The minimum atomic E-state index is -0.231. The average molecular weight is 306 g/mol. The van der Waals surface area contributed by atoms with Gasteiger partial charge in [0.05, 0.1) is 23.3 Å². The maximum Gasteiger partial charge on any atom is 0.271 e. The van der Waals surface area contributed by atoms with Gasteiger partial charge in [0.2, 0.25) is 0 Å². The van der Waals surface area contributed by atoms with Crippen molar-refractivity contribution in [2.45, 2.75) is 19.9 Å². The van der Waals surface area contributed by atoms with Crippen LogP contribution in [-0.2, 0) is 0 Å². The first-order valence-corrected chi connectivity index (χ1v) is 7.57. The minimum absolute atomic E-state index is 0.121. The van der Waals surface area contributed by atoms with Crippen molar-refractivity contribution >= 4 is 16.9 Å². The fourth-order valence-electron chi connectivity index (χ4n) is 2.48. The van der Waals surface area contributed by atoms with E-state index in [9.17, 15) is 4.79 Å². The molecule has 0 aliphatic rings. The van der Waals surface area contributed by atoms with E-state index in [2.05, 4.69) is 34.1 Å². The van der Waals surface area contributed by atoms with Crippen molar-refractivity contribution in [1.29, 1.82) is 0 Å². The summed E-state index contributed by atoms with van der Waals surface area (Å²) in [6, 6.07) is 11.2. The normalized spacial score (nSPS) is 12.3. The Morgan fingerprint density at radius 3 is 2.52 bits per heavy atom. The molecule has 5 nitrogen and oxygen atoms in total. The highest BCUT2D eigenvalue weighted by Crippen LogP contribution is 2.21. The lowest BCUT2D eigenvalue weighted by Gasteiger charge is -2.22. The zero-order chi connectivity index (χ0) is 16.2.